The predicted octanol–water partition coefficient (Wildman–Crippen LogP) is 5.45. The highest BCUT2D eigenvalue weighted by molar-refractivity contribution is 6.33. The maximum atomic E-state index is 15.2. The van der Waals surface area contributed by atoms with Gasteiger partial charge in [-0.2, -0.15) is 0 Å². The molecule has 0 fully saturated rings. The molecule has 0 N–H and O–H groups in total. The molecule has 184 valence electrons. The van der Waals surface area contributed by atoms with Crippen molar-refractivity contribution in [2.75, 3.05) is 18.6 Å². The summed E-state index contributed by atoms with van der Waals surface area (Å²) >= 11 is 11.9. The van der Waals surface area contributed by atoms with Crippen LogP contribution in [0.25, 0.3) is 0 Å². The summed E-state index contributed by atoms with van der Waals surface area (Å²) in [4.78, 5) is 43.8. The molecule has 2 aromatic rings. The highest BCUT2D eigenvalue weighted by atomic mass is 35.5. The molecule has 0 unspecified atom stereocenters. The standard InChI is InChI=1S/C25H23Cl2FN2O5/c1-3-10-35-25(33)17-7-5-4-6-16(17)23(31)30(14-15-8-9-22(27)29-13-15)21-11-18(24(32)34-2)19(26)12-20(21)28/h3,8-9,11-13H,1,4-7,10,14H2,2H3. The summed E-state index contributed by atoms with van der Waals surface area (Å²) in [5.41, 5.74) is 0.697. The SMILES string of the molecule is C=CCOC(=O)C1=C(C(=O)N(Cc2ccc(Cl)nc2)c2cc(C(=O)OC)c(Cl)cc2F)CCCC1. The average Bonchev–Trinajstić information content (AvgIpc) is 2.86. The number of pyridine rings is 1. The van der Waals surface area contributed by atoms with Crippen LogP contribution in [0, 0.1) is 5.82 Å². The number of anilines is 1. The Morgan fingerprint density at radius 1 is 1.14 bits per heavy atom. The monoisotopic (exact) mass is 520 g/mol. The zero-order valence-electron chi connectivity index (χ0n) is 19.0. The minimum absolute atomic E-state index is 0.00172. The molecule has 0 atom stereocenters. The Morgan fingerprint density at radius 2 is 1.86 bits per heavy atom. The maximum Gasteiger partial charge on any atom is 0.339 e. The fourth-order valence-electron chi connectivity index (χ4n) is 3.71. The van der Waals surface area contributed by atoms with E-state index < -0.39 is 23.7 Å². The third-order valence-electron chi connectivity index (χ3n) is 5.41. The van der Waals surface area contributed by atoms with Crippen molar-refractivity contribution in [1.82, 2.24) is 4.98 Å². The number of halogens is 3. The highest BCUT2D eigenvalue weighted by Gasteiger charge is 2.31. The topological polar surface area (TPSA) is 85.8 Å². The Hall–Kier alpha value is -3.23. The first-order chi connectivity index (χ1) is 16.8. The molecule has 1 aromatic heterocycles. The molecule has 1 aliphatic carbocycles. The third kappa shape index (κ3) is 6.26. The van der Waals surface area contributed by atoms with Crippen LogP contribution in [0.2, 0.25) is 10.2 Å². The molecule has 10 heteroatoms. The molecule has 0 aliphatic heterocycles. The number of amides is 1. The minimum Gasteiger partial charge on any atom is -0.465 e. The van der Waals surface area contributed by atoms with E-state index in [9.17, 15) is 14.4 Å². The number of esters is 2. The molecule has 0 spiro atoms. The Morgan fingerprint density at radius 3 is 2.49 bits per heavy atom. The van der Waals surface area contributed by atoms with Crippen molar-refractivity contribution in [3.05, 3.63) is 81.4 Å². The lowest BCUT2D eigenvalue weighted by Crippen LogP contribution is -2.35. The van der Waals surface area contributed by atoms with Gasteiger partial charge in [0.05, 0.1) is 29.9 Å². The van der Waals surface area contributed by atoms with Gasteiger partial charge in [0.25, 0.3) is 5.91 Å². The summed E-state index contributed by atoms with van der Waals surface area (Å²) in [6, 6.07) is 5.27. The summed E-state index contributed by atoms with van der Waals surface area (Å²) < 4.78 is 25.1. The number of methoxy groups -OCH3 is 1. The first-order valence-electron chi connectivity index (χ1n) is 10.8. The molecule has 1 heterocycles. The van der Waals surface area contributed by atoms with E-state index in [1.54, 1.807) is 6.07 Å². The fourth-order valence-corrected chi connectivity index (χ4v) is 4.05. The van der Waals surface area contributed by atoms with E-state index in [4.69, 9.17) is 32.7 Å². The summed E-state index contributed by atoms with van der Waals surface area (Å²) in [7, 11) is 1.16. The number of hydrogen-bond acceptors (Lipinski definition) is 6. The highest BCUT2D eigenvalue weighted by Crippen LogP contribution is 2.33. The molecule has 7 nitrogen and oxygen atoms in total. The van der Waals surface area contributed by atoms with Gasteiger partial charge >= 0.3 is 11.9 Å². The molecule has 3 rings (SSSR count). The first kappa shape index (κ1) is 26.4. The van der Waals surface area contributed by atoms with E-state index in [-0.39, 0.29) is 45.7 Å². The van der Waals surface area contributed by atoms with E-state index in [0.717, 1.165) is 24.1 Å². The minimum atomic E-state index is -0.829. The largest absolute Gasteiger partial charge is 0.465 e. The molecule has 35 heavy (non-hydrogen) atoms. The third-order valence-corrected chi connectivity index (χ3v) is 5.95. The van der Waals surface area contributed by atoms with Gasteiger partial charge in [0.15, 0.2) is 0 Å². The number of nitrogens with zero attached hydrogens (tertiary/aromatic N) is 2. The number of benzene rings is 1. The van der Waals surface area contributed by atoms with Crippen molar-refractivity contribution in [2.24, 2.45) is 0 Å². The Balaban J connectivity index is 2.13. The van der Waals surface area contributed by atoms with Gasteiger partial charge in [-0.25, -0.2) is 19.0 Å². The van der Waals surface area contributed by atoms with Crippen LogP contribution >= 0.6 is 23.2 Å². The molecule has 0 bridgehead atoms. The molecular weight excluding hydrogens is 498 g/mol. The Bertz CT molecular complexity index is 1180. The first-order valence-corrected chi connectivity index (χ1v) is 11.5. The molecule has 1 aromatic carbocycles. The quantitative estimate of drug-likeness (QED) is 0.261. The number of aromatic nitrogens is 1. The van der Waals surface area contributed by atoms with E-state index in [1.165, 1.54) is 18.3 Å². The lowest BCUT2D eigenvalue weighted by molar-refractivity contribution is -0.138. The number of ether oxygens (including phenoxy) is 2. The van der Waals surface area contributed by atoms with Gasteiger partial charge in [-0.05, 0) is 49.4 Å². The molecule has 1 amide bonds. The van der Waals surface area contributed by atoms with Crippen LogP contribution in [0.15, 0.2) is 54.3 Å². The second kappa shape index (κ2) is 12.0. The summed E-state index contributed by atoms with van der Waals surface area (Å²) in [6.07, 6.45) is 4.92. The molecule has 1 aliphatic rings. The van der Waals surface area contributed by atoms with Crippen molar-refractivity contribution in [3.8, 4) is 0 Å². The Kier molecular flexibility index (Phi) is 9.01. The van der Waals surface area contributed by atoms with Gasteiger partial charge in [0.2, 0.25) is 0 Å². The zero-order valence-corrected chi connectivity index (χ0v) is 20.5. The van der Waals surface area contributed by atoms with E-state index >= 15 is 4.39 Å². The van der Waals surface area contributed by atoms with Crippen LogP contribution in [0.5, 0.6) is 0 Å². The molecular formula is C25H23Cl2FN2O5. The number of carbonyl (C=O) groups excluding carboxylic acids is 3. The average molecular weight is 521 g/mol. The number of rotatable bonds is 8. The van der Waals surface area contributed by atoms with Crippen molar-refractivity contribution >= 4 is 46.7 Å². The lowest BCUT2D eigenvalue weighted by atomic mass is 9.90. The van der Waals surface area contributed by atoms with Crippen LogP contribution < -0.4 is 4.90 Å². The van der Waals surface area contributed by atoms with Crippen LogP contribution in [0.1, 0.15) is 41.6 Å². The van der Waals surface area contributed by atoms with E-state index in [0.29, 0.717) is 31.2 Å². The Labute approximate surface area is 212 Å². The summed E-state index contributed by atoms with van der Waals surface area (Å²) in [5.74, 6) is -2.83. The molecule has 0 radical (unpaired) electrons. The smallest absolute Gasteiger partial charge is 0.339 e. The van der Waals surface area contributed by atoms with Crippen LogP contribution in [0.3, 0.4) is 0 Å². The molecule has 0 saturated heterocycles. The van der Waals surface area contributed by atoms with E-state index in [1.807, 2.05) is 0 Å². The van der Waals surface area contributed by atoms with E-state index in [2.05, 4.69) is 11.6 Å². The van der Waals surface area contributed by atoms with Crippen molar-refractivity contribution in [2.45, 2.75) is 32.2 Å². The number of hydrogen-bond donors (Lipinski definition) is 0. The predicted molar refractivity (Wildman–Crippen MR) is 130 cm³/mol. The van der Waals surface area contributed by atoms with Crippen molar-refractivity contribution in [1.29, 1.82) is 0 Å². The second-order valence-corrected chi connectivity index (χ2v) is 8.50. The summed E-state index contributed by atoms with van der Waals surface area (Å²) in [6.45, 7) is 3.41. The normalized spacial score (nSPS) is 13.3. The molecule has 0 saturated carbocycles. The van der Waals surface area contributed by atoms with Gasteiger partial charge < -0.3 is 14.4 Å². The van der Waals surface area contributed by atoms with Gasteiger partial charge in [-0.1, -0.05) is 41.9 Å². The van der Waals surface area contributed by atoms with Gasteiger partial charge in [-0.15, -0.1) is 0 Å². The second-order valence-electron chi connectivity index (χ2n) is 7.71. The fraction of sp³-hybridized carbons (Fsp3) is 0.280. The lowest BCUT2D eigenvalue weighted by Gasteiger charge is -2.28. The van der Waals surface area contributed by atoms with Crippen LogP contribution in [-0.4, -0.2) is 36.5 Å². The maximum absolute atomic E-state index is 15.2. The summed E-state index contributed by atoms with van der Waals surface area (Å²) in [5, 5.41) is 0.0868. The van der Waals surface area contributed by atoms with Crippen LogP contribution in [-0.2, 0) is 25.6 Å². The number of carbonyl (C=O) groups is 3. The van der Waals surface area contributed by atoms with Crippen LogP contribution in [0.4, 0.5) is 10.1 Å². The van der Waals surface area contributed by atoms with Gasteiger partial charge in [-0.3, -0.25) is 4.79 Å². The van der Waals surface area contributed by atoms with Crippen molar-refractivity contribution in [3.63, 3.8) is 0 Å². The van der Waals surface area contributed by atoms with Gasteiger partial charge in [0.1, 0.15) is 17.6 Å². The van der Waals surface area contributed by atoms with Gasteiger partial charge in [0, 0.05) is 17.3 Å². The zero-order chi connectivity index (χ0) is 25.5. The van der Waals surface area contributed by atoms with Crippen molar-refractivity contribution < 1.29 is 28.2 Å².